The summed E-state index contributed by atoms with van der Waals surface area (Å²) in [6.45, 7) is 2.22. The Morgan fingerprint density at radius 1 is 0.968 bits per heavy atom. The van der Waals surface area contributed by atoms with Gasteiger partial charge in [0.05, 0.1) is 6.54 Å². The number of Topliss-reactive ketones (excluding diaryl/α,β-unsaturated/α-hetero) is 1. The summed E-state index contributed by atoms with van der Waals surface area (Å²) in [4.78, 5) is 29.6. The summed E-state index contributed by atoms with van der Waals surface area (Å²) in [6.07, 6.45) is 0. The summed E-state index contributed by atoms with van der Waals surface area (Å²) in [6, 6.07) is 27.2. The van der Waals surface area contributed by atoms with Crippen molar-refractivity contribution in [3.05, 3.63) is 102 Å². The van der Waals surface area contributed by atoms with Crippen LogP contribution in [0, 0.1) is 0 Å². The minimum Gasteiger partial charge on any atom is -0.370 e. The zero-order valence-corrected chi connectivity index (χ0v) is 17.7. The zero-order valence-electron chi connectivity index (χ0n) is 17.7. The van der Waals surface area contributed by atoms with E-state index in [0.717, 1.165) is 17.8 Å². The van der Waals surface area contributed by atoms with Gasteiger partial charge in [0.15, 0.2) is 5.78 Å². The van der Waals surface area contributed by atoms with Crippen LogP contribution in [0.3, 0.4) is 0 Å². The van der Waals surface area contributed by atoms with E-state index in [2.05, 4.69) is 22.3 Å². The molecule has 1 heterocycles. The third kappa shape index (κ3) is 5.01. The summed E-state index contributed by atoms with van der Waals surface area (Å²) >= 11 is 0. The maximum Gasteiger partial charge on any atom is 0.242 e. The number of rotatable bonds is 7. The second kappa shape index (κ2) is 9.58. The molecule has 158 valence electrons. The van der Waals surface area contributed by atoms with Crippen LogP contribution in [0.5, 0.6) is 0 Å². The lowest BCUT2D eigenvalue weighted by molar-refractivity contribution is -0.128. The second-order valence-electron chi connectivity index (χ2n) is 7.89. The standard InChI is InChI=1S/C26H27N3O2/c1-28(18-20-8-4-2-5-9-20)23-14-12-21(13-15-23)24(30)19-29-17-16-27-26(31)25(29)22-10-6-3-7-11-22/h2-15,25H,16-19H2,1H3,(H,27,31). The normalized spacial score (nSPS) is 16.5. The van der Waals surface area contributed by atoms with Crippen LogP contribution < -0.4 is 10.2 Å². The smallest absolute Gasteiger partial charge is 0.242 e. The number of hydrogen-bond acceptors (Lipinski definition) is 4. The lowest BCUT2D eigenvalue weighted by atomic mass is 10.0. The Morgan fingerprint density at radius 3 is 2.29 bits per heavy atom. The van der Waals surface area contributed by atoms with Gasteiger partial charge < -0.3 is 10.2 Å². The maximum absolute atomic E-state index is 13.0. The van der Waals surface area contributed by atoms with Crippen LogP contribution in [0.1, 0.15) is 27.5 Å². The first-order valence-corrected chi connectivity index (χ1v) is 10.6. The molecule has 1 atom stereocenters. The number of anilines is 1. The monoisotopic (exact) mass is 413 g/mol. The van der Waals surface area contributed by atoms with Gasteiger partial charge in [0.25, 0.3) is 0 Å². The van der Waals surface area contributed by atoms with Crippen LogP contribution in [0.25, 0.3) is 0 Å². The van der Waals surface area contributed by atoms with Gasteiger partial charge in [-0.3, -0.25) is 14.5 Å². The SMILES string of the molecule is CN(Cc1ccccc1)c1ccc(C(=O)CN2CCNC(=O)C2c2ccccc2)cc1. The average molecular weight is 414 g/mol. The minimum absolute atomic E-state index is 0.0212. The van der Waals surface area contributed by atoms with Gasteiger partial charge in [0, 0.05) is 37.9 Å². The van der Waals surface area contributed by atoms with Gasteiger partial charge in [-0.1, -0.05) is 60.7 Å². The predicted octanol–water partition coefficient (Wildman–Crippen LogP) is 3.68. The van der Waals surface area contributed by atoms with Crippen LogP contribution in [-0.2, 0) is 11.3 Å². The van der Waals surface area contributed by atoms with Gasteiger partial charge in [-0.05, 0) is 35.4 Å². The third-order valence-corrected chi connectivity index (χ3v) is 5.67. The Labute approximate surface area is 183 Å². The largest absolute Gasteiger partial charge is 0.370 e. The Balaban J connectivity index is 1.43. The van der Waals surface area contributed by atoms with Crippen LogP contribution in [0.2, 0.25) is 0 Å². The fourth-order valence-electron chi connectivity index (χ4n) is 4.01. The molecule has 1 aliphatic heterocycles. The molecule has 0 bridgehead atoms. The molecule has 3 aromatic rings. The van der Waals surface area contributed by atoms with E-state index in [9.17, 15) is 9.59 Å². The number of carbonyl (C=O) groups excluding carboxylic acids is 2. The summed E-state index contributed by atoms with van der Waals surface area (Å²) < 4.78 is 0. The van der Waals surface area contributed by atoms with Gasteiger partial charge in [-0.2, -0.15) is 0 Å². The second-order valence-corrected chi connectivity index (χ2v) is 7.89. The molecule has 1 fully saturated rings. The molecule has 5 nitrogen and oxygen atoms in total. The van der Waals surface area contributed by atoms with Crippen molar-refractivity contribution in [2.45, 2.75) is 12.6 Å². The first-order valence-electron chi connectivity index (χ1n) is 10.6. The van der Waals surface area contributed by atoms with E-state index in [1.807, 2.05) is 84.7 Å². The van der Waals surface area contributed by atoms with Crippen LogP contribution in [0.4, 0.5) is 5.69 Å². The van der Waals surface area contributed by atoms with Gasteiger partial charge >= 0.3 is 0 Å². The molecule has 5 heteroatoms. The number of hydrogen-bond donors (Lipinski definition) is 1. The summed E-state index contributed by atoms with van der Waals surface area (Å²) in [7, 11) is 2.04. The molecule has 1 aliphatic rings. The van der Waals surface area contributed by atoms with E-state index in [-0.39, 0.29) is 18.2 Å². The third-order valence-electron chi connectivity index (χ3n) is 5.67. The number of piperazine rings is 1. The highest BCUT2D eigenvalue weighted by atomic mass is 16.2. The molecule has 1 N–H and O–H groups in total. The average Bonchev–Trinajstić information content (AvgIpc) is 2.80. The predicted molar refractivity (Wildman–Crippen MR) is 123 cm³/mol. The molecule has 1 saturated heterocycles. The molecule has 0 aromatic heterocycles. The molecule has 4 rings (SSSR count). The summed E-state index contributed by atoms with van der Waals surface area (Å²) in [5.41, 5.74) is 3.86. The number of ketones is 1. The van der Waals surface area contributed by atoms with Crippen molar-refractivity contribution in [2.75, 3.05) is 31.6 Å². The number of benzene rings is 3. The van der Waals surface area contributed by atoms with E-state index < -0.39 is 6.04 Å². The first kappa shape index (κ1) is 20.8. The van der Waals surface area contributed by atoms with Crippen LogP contribution in [-0.4, -0.2) is 43.3 Å². The van der Waals surface area contributed by atoms with Crippen LogP contribution in [0.15, 0.2) is 84.9 Å². The summed E-state index contributed by atoms with van der Waals surface area (Å²) in [5, 5.41) is 2.92. The lowest BCUT2D eigenvalue weighted by Crippen LogP contribution is -2.51. The van der Waals surface area contributed by atoms with E-state index in [0.29, 0.717) is 18.7 Å². The molecule has 31 heavy (non-hydrogen) atoms. The number of amides is 1. The van der Waals surface area contributed by atoms with E-state index in [4.69, 9.17) is 0 Å². The van der Waals surface area contributed by atoms with Gasteiger partial charge in [-0.25, -0.2) is 0 Å². The molecular formula is C26H27N3O2. The highest BCUT2D eigenvalue weighted by molar-refractivity contribution is 5.98. The first-order chi connectivity index (χ1) is 15.1. The molecule has 0 saturated carbocycles. The number of nitrogens with zero attached hydrogens (tertiary/aromatic N) is 2. The fourth-order valence-corrected chi connectivity index (χ4v) is 4.01. The van der Waals surface area contributed by atoms with Crippen molar-refractivity contribution < 1.29 is 9.59 Å². The molecule has 3 aromatic carbocycles. The molecule has 1 amide bonds. The zero-order chi connectivity index (χ0) is 21.6. The van der Waals surface area contributed by atoms with Gasteiger partial charge in [0.2, 0.25) is 5.91 Å². The quantitative estimate of drug-likeness (QED) is 0.601. The Kier molecular flexibility index (Phi) is 6.43. The molecular weight excluding hydrogens is 386 g/mol. The fraction of sp³-hybridized carbons (Fsp3) is 0.231. The van der Waals surface area contributed by atoms with Gasteiger partial charge in [0.1, 0.15) is 6.04 Å². The van der Waals surface area contributed by atoms with Crippen molar-refractivity contribution in [3.63, 3.8) is 0 Å². The Morgan fingerprint density at radius 2 is 1.61 bits per heavy atom. The van der Waals surface area contributed by atoms with E-state index in [1.54, 1.807) is 0 Å². The molecule has 0 radical (unpaired) electrons. The minimum atomic E-state index is -0.435. The molecule has 0 aliphatic carbocycles. The Hall–Kier alpha value is -3.44. The van der Waals surface area contributed by atoms with Crippen molar-refractivity contribution in [3.8, 4) is 0 Å². The van der Waals surface area contributed by atoms with Crippen LogP contribution >= 0.6 is 0 Å². The maximum atomic E-state index is 13.0. The molecule has 0 spiro atoms. The van der Waals surface area contributed by atoms with E-state index >= 15 is 0 Å². The number of carbonyl (C=O) groups is 2. The van der Waals surface area contributed by atoms with Crippen molar-refractivity contribution in [2.24, 2.45) is 0 Å². The van der Waals surface area contributed by atoms with Crippen molar-refractivity contribution in [1.29, 1.82) is 0 Å². The number of nitrogens with one attached hydrogen (secondary N) is 1. The highest BCUT2D eigenvalue weighted by Crippen LogP contribution is 2.24. The Bertz CT molecular complexity index is 1020. The lowest BCUT2D eigenvalue weighted by Gasteiger charge is -2.34. The molecule has 1 unspecified atom stereocenters. The topological polar surface area (TPSA) is 52.7 Å². The van der Waals surface area contributed by atoms with Gasteiger partial charge in [-0.15, -0.1) is 0 Å². The van der Waals surface area contributed by atoms with Crippen molar-refractivity contribution in [1.82, 2.24) is 10.2 Å². The summed E-state index contributed by atoms with van der Waals surface area (Å²) in [5.74, 6) is -0.0315. The van der Waals surface area contributed by atoms with Crippen molar-refractivity contribution >= 4 is 17.4 Å². The highest BCUT2D eigenvalue weighted by Gasteiger charge is 2.32. The van der Waals surface area contributed by atoms with E-state index in [1.165, 1.54) is 5.56 Å².